The van der Waals surface area contributed by atoms with Crippen molar-refractivity contribution in [3.63, 3.8) is 0 Å². The molecule has 0 atom stereocenters. The van der Waals surface area contributed by atoms with E-state index in [2.05, 4.69) is 0 Å². The van der Waals surface area contributed by atoms with Crippen LogP contribution in [-0.4, -0.2) is 23.4 Å². The topological polar surface area (TPSA) is 58.9 Å². The highest BCUT2D eigenvalue weighted by atomic mass is 16.5. The molecule has 0 saturated carbocycles. The molecule has 0 aliphatic carbocycles. The molecule has 0 spiro atoms. The molecule has 0 aliphatic rings. The van der Waals surface area contributed by atoms with Crippen molar-refractivity contribution in [3.05, 3.63) is 11.1 Å². The third kappa shape index (κ3) is 3.42. The smallest absolute Gasteiger partial charge is 0.169 e. The Morgan fingerprint density at radius 2 is 0.955 bits per heavy atom. The van der Waals surface area contributed by atoms with Gasteiger partial charge in [-0.25, -0.2) is 0 Å². The van der Waals surface area contributed by atoms with Crippen LogP contribution in [0, 0.1) is 0 Å². The molecule has 1 aromatic rings. The van der Waals surface area contributed by atoms with Crippen LogP contribution in [0.4, 0.5) is 0 Å². The van der Waals surface area contributed by atoms with Crippen molar-refractivity contribution in [2.75, 3.05) is 13.2 Å². The molecule has 1 aromatic carbocycles. The highest BCUT2D eigenvalue weighted by Crippen LogP contribution is 2.55. The second kappa shape index (κ2) is 6.27. The van der Waals surface area contributed by atoms with Crippen molar-refractivity contribution in [3.8, 4) is 23.0 Å². The summed E-state index contributed by atoms with van der Waals surface area (Å²) < 4.78 is 11.6. The highest BCUT2D eigenvalue weighted by molar-refractivity contribution is 5.69. The van der Waals surface area contributed by atoms with E-state index < -0.39 is 10.8 Å². The summed E-state index contributed by atoms with van der Waals surface area (Å²) in [6.45, 7) is 16.5. The van der Waals surface area contributed by atoms with Crippen LogP contribution in [0.25, 0.3) is 0 Å². The Hall–Kier alpha value is -1.58. The van der Waals surface area contributed by atoms with Crippen LogP contribution in [0.1, 0.15) is 66.5 Å². The molecule has 0 heterocycles. The number of hydrogen-bond acceptors (Lipinski definition) is 4. The summed E-state index contributed by atoms with van der Waals surface area (Å²) in [5.41, 5.74) is 0.356. The molecule has 22 heavy (non-hydrogen) atoms. The molecule has 0 aromatic heterocycles. The lowest BCUT2D eigenvalue weighted by Crippen LogP contribution is -2.20. The average molecular weight is 310 g/mol. The van der Waals surface area contributed by atoms with Gasteiger partial charge in [0.05, 0.1) is 13.2 Å². The minimum absolute atomic E-state index is 0.121. The first kappa shape index (κ1) is 18.5. The van der Waals surface area contributed by atoms with E-state index in [0.717, 1.165) is 0 Å². The van der Waals surface area contributed by atoms with Gasteiger partial charge in [0.2, 0.25) is 0 Å². The zero-order valence-electron chi connectivity index (χ0n) is 15.1. The second-order valence-corrected chi connectivity index (χ2v) is 7.47. The van der Waals surface area contributed by atoms with E-state index in [4.69, 9.17) is 9.47 Å². The SMILES string of the molecule is CCOc1c(OCC)c(C(C)(C)C)c(O)c(O)c1C(C)(C)C. The predicted molar refractivity (Wildman–Crippen MR) is 89.5 cm³/mol. The van der Waals surface area contributed by atoms with Gasteiger partial charge in [0, 0.05) is 11.1 Å². The molecule has 0 radical (unpaired) electrons. The summed E-state index contributed by atoms with van der Waals surface area (Å²) in [6.07, 6.45) is 0. The summed E-state index contributed by atoms with van der Waals surface area (Å²) in [4.78, 5) is 0. The third-order valence-electron chi connectivity index (χ3n) is 3.44. The van der Waals surface area contributed by atoms with E-state index in [1.807, 2.05) is 55.4 Å². The van der Waals surface area contributed by atoms with Gasteiger partial charge in [0.15, 0.2) is 23.0 Å². The van der Waals surface area contributed by atoms with Gasteiger partial charge in [-0.1, -0.05) is 41.5 Å². The van der Waals surface area contributed by atoms with E-state index in [1.165, 1.54) is 0 Å². The van der Waals surface area contributed by atoms with Crippen molar-refractivity contribution >= 4 is 0 Å². The molecule has 4 nitrogen and oxygen atoms in total. The predicted octanol–water partition coefficient (Wildman–Crippen LogP) is 4.49. The molecular weight excluding hydrogens is 280 g/mol. The van der Waals surface area contributed by atoms with Gasteiger partial charge >= 0.3 is 0 Å². The van der Waals surface area contributed by atoms with Gasteiger partial charge in [-0.15, -0.1) is 0 Å². The first-order valence-corrected chi connectivity index (χ1v) is 7.85. The first-order chi connectivity index (χ1) is 9.96. The molecule has 0 bridgehead atoms. The maximum atomic E-state index is 10.6. The van der Waals surface area contributed by atoms with Crippen LogP contribution in [0.2, 0.25) is 0 Å². The van der Waals surface area contributed by atoms with Crippen molar-refractivity contribution in [2.24, 2.45) is 0 Å². The number of hydrogen-bond donors (Lipinski definition) is 2. The van der Waals surface area contributed by atoms with E-state index in [0.29, 0.717) is 35.8 Å². The van der Waals surface area contributed by atoms with Gasteiger partial charge < -0.3 is 19.7 Å². The Morgan fingerprint density at radius 3 is 1.14 bits per heavy atom. The highest BCUT2D eigenvalue weighted by Gasteiger charge is 2.36. The van der Waals surface area contributed by atoms with Gasteiger partial charge in [-0.05, 0) is 24.7 Å². The monoisotopic (exact) mass is 310 g/mol. The Balaban J connectivity index is 3.92. The molecule has 2 N–H and O–H groups in total. The Labute approximate surface area is 134 Å². The van der Waals surface area contributed by atoms with Crippen molar-refractivity contribution in [1.29, 1.82) is 0 Å². The molecule has 0 amide bonds. The molecule has 0 fully saturated rings. The van der Waals surface area contributed by atoms with Crippen molar-refractivity contribution in [1.82, 2.24) is 0 Å². The van der Waals surface area contributed by atoms with Gasteiger partial charge in [0.25, 0.3) is 0 Å². The number of ether oxygens (including phenoxy) is 2. The van der Waals surface area contributed by atoms with Crippen LogP contribution < -0.4 is 9.47 Å². The summed E-state index contributed by atoms with van der Waals surface area (Å²) in [5.74, 6) is 0.808. The average Bonchev–Trinajstić information content (AvgIpc) is 2.32. The molecule has 0 saturated heterocycles. The first-order valence-electron chi connectivity index (χ1n) is 7.85. The van der Waals surface area contributed by atoms with Gasteiger partial charge in [0.1, 0.15) is 0 Å². The summed E-state index contributed by atoms with van der Waals surface area (Å²) in [5, 5.41) is 21.2. The Morgan fingerprint density at radius 1 is 0.682 bits per heavy atom. The van der Waals surface area contributed by atoms with E-state index in [-0.39, 0.29) is 11.5 Å². The fourth-order valence-corrected chi connectivity index (χ4v) is 2.63. The quantitative estimate of drug-likeness (QED) is 0.804. The number of aromatic hydroxyl groups is 2. The fraction of sp³-hybridized carbons (Fsp3) is 0.667. The number of benzene rings is 1. The van der Waals surface area contributed by atoms with Crippen LogP contribution in [-0.2, 0) is 10.8 Å². The van der Waals surface area contributed by atoms with Crippen molar-refractivity contribution < 1.29 is 19.7 Å². The van der Waals surface area contributed by atoms with Crippen LogP contribution >= 0.6 is 0 Å². The fourth-order valence-electron chi connectivity index (χ4n) is 2.63. The number of phenolic OH excluding ortho intramolecular Hbond substituents is 2. The molecule has 126 valence electrons. The Bertz CT molecular complexity index is 485. The van der Waals surface area contributed by atoms with E-state index in [1.54, 1.807) is 0 Å². The van der Waals surface area contributed by atoms with E-state index in [9.17, 15) is 10.2 Å². The minimum atomic E-state index is -0.395. The molecule has 0 unspecified atom stereocenters. The minimum Gasteiger partial charge on any atom is -0.504 e. The summed E-state index contributed by atoms with van der Waals surface area (Å²) in [6, 6.07) is 0. The summed E-state index contributed by atoms with van der Waals surface area (Å²) in [7, 11) is 0. The lowest BCUT2D eigenvalue weighted by atomic mass is 9.79. The van der Waals surface area contributed by atoms with Crippen LogP contribution in [0.3, 0.4) is 0 Å². The van der Waals surface area contributed by atoms with Gasteiger partial charge in [-0.3, -0.25) is 0 Å². The maximum absolute atomic E-state index is 10.6. The lowest BCUT2D eigenvalue weighted by molar-refractivity contribution is 0.265. The Kier molecular flexibility index (Phi) is 5.26. The van der Waals surface area contributed by atoms with Crippen LogP contribution in [0.5, 0.6) is 23.0 Å². The lowest BCUT2D eigenvalue weighted by Gasteiger charge is -2.31. The zero-order chi connectivity index (χ0) is 17.3. The third-order valence-corrected chi connectivity index (χ3v) is 3.44. The number of phenols is 2. The molecule has 4 heteroatoms. The largest absolute Gasteiger partial charge is 0.504 e. The maximum Gasteiger partial charge on any atom is 0.169 e. The molecular formula is C18H30O4. The zero-order valence-corrected chi connectivity index (χ0v) is 15.1. The standard InChI is InChI=1S/C18H30O4/c1-9-21-15-11(17(3,4)5)13(19)14(20)12(18(6,7)8)16(15)22-10-2/h19-20H,9-10H2,1-8H3. The van der Waals surface area contributed by atoms with E-state index >= 15 is 0 Å². The number of rotatable bonds is 4. The molecule has 1 rings (SSSR count). The second-order valence-electron chi connectivity index (χ2n) is 7.47. The van der Waals surface area contributed by atoms with Crippen LogP contribution in [0.15, 0.2) is 0 Å². The summed E-state index contributed by atoms with van der Waals surface area (Å²) >= 11 is 0. The normalized spacial score (nSPS) is 12.4. The van der Waals surface area contributed by atoms with Gasteiger partial charge in [-0.2, -0.15) is 0 Å². The van der Waals surface area contributed by atoms with Crippen molar-refractivity contribution in [2.45, 2.75) is 66.2 Å². The molecule has 0 aliphatic heterocycles.